The molecule has 0 radical (unpaired) electrons. The Morgan fingerprint density at radius 2 is 1.78 bits per heavy atom. The summed E-state index contributed by atoms with van der Waals surface area (Å²) >= 11 is 11.7. The van der Waals surface area contributed by atoms with Gasteiger partial charge in [0.25, 0.3) is 5.91 Å². The fourth-order valence-corrected chi connectivity index (χ4v) is 1.77. The van der Waals surface area contributed by atoms with Gasteiger partial charge in [-0.2, -0.15) is 0 Å². The minimum atomic E-state index is -0.298. The minimum absolute atomic E-state index is 0.173. The first-order chi connectivity index (χ1) is 8.68. The third-order valence-corrected chi connectivity index (χ3v) is 2.92. The van der Waals surface area contributed by atoms with Gasteiger partial charge in [0.05, 0.1) is 5.56 Å². The summed E-state index contributed by atoms with van der Waals surface area (Å²) in [5, 5.41) is 3.25. The van der Waals surface area contributed by atoms with E-state index in [1.165, 1.54) is 6.20 Å². The van der Waals surface area contributed by atoms with Crippen molar-refractivity contribution in [3.05, 3.63) is 58.1 Å². The Hall–Kier alpha value is -1.65. The zero-order valence-corrected chi connectivity index (χ0v) is 10.7. The van der Waals surface area contributed by atoms with Crippen molar-refractivity contribution >= 4 is 29.1 Å². The molecule has 0 saturated heterocycles. The molecule has 0 bridgehead atoms. The fourth-order valence-electron chi connectivity index (χ4n) is 1.38. The van der Waals surface area contributed by atoms with Crippen LogP contribution in [0.3, 0.4) is 0 Å². The minimum Gasteiger partial charge on any atom is -0.348 e. The van der Waals surface area contributed by atoms with Crippen LogP contribution in [0.4, 0.5) is 0 Å². The number of rotatable bonds is 3. The maximum atomic E-state index is 11.9. The predicted molar refractivity (Wildman–Crippen MR) is 69.7 cm³/mol. The maximum absolute atomic E-state index is 11.9. The summed E-state index contributed by atoms with van der Waals surface area (Å²) in [6.45, 7) is 0.288. The summed E-state index contributed by atoms with van der Waals surface area (Å²) in [6.07, 6.45) is 3.11. The topological polar surface area (TPSA) is 54.9 Å². The lowest BCUT2D eigenvalue weighted by atomic mass is 10.2. The second-order valence-electron chi connectivity index (χ2n) is 3.48. The zero-order chi connectivity index (χ0) is 13.0. The molecule has 0 unspecified atom stereocenters. The molecule has 0 spiro atoms. The van der Waals surface area contributed by atoms with Crippen molar-refractivity contribution in [2.75, 3.05) is 0 Å². The van der Waals surface area contributed by atoms with Gasteiger partial charge in [0.15, 0.2) is 0 Å². The molecule has 6 heteroatoms. The number of hydrogen-bond donors (Lipinski definition) is 1. The lowest BCUT2D eigenvalue weighted by molar-refractivity contribution is 0.0950. The molecule has 0 aromatic carbocycles. The second-order valence-corrected chi connectivity index (χ2v) is 4.19. The molecule has 2 aromatic heterocycles. The number of pyridine rings is 2. The van der Waals surface area contributed by atoms with E-state index >= 15 is 0 Å². The Labute approximate surface area is 114 Å². The average molecular weight is 282 g/mol. The summed E-state index contributed by atoms with van der Waals surface area (Å²) in [5.74, 6) is -0.298. The quantitative estimate of drug-likeness (QED) is 0.881. The molecule has 92 valence electrons. The first-order valence-corrected chi connectivity index (χ1v) is 5.92. The van der Waals surface area contributed by atoms with Crippen LogP contribution in [0.2, 0.25) is 10.3 Å². The molecular formula is C12H9Cl2N3O. The molecule has 1 amide bonds. The smallest absolute Gasteiger partial charge is 0.254 e. The number of amides is 1. The third-order valence-electron chi connectivity index (χ3n) is 2.28. The molecule has 0 atom stereocenters. The summed E-state index contributed by atoms with van der Waals surface area (Å²) in [5.41, 5.74) is 1.08. The number of carbonyl (C=O) groups excluding carboxylic acids is 1. The summed E-state index contributed by atoms with van der Waals surface area (Å²) in [7, 11) is 0. The van der Waals surface area contributed by atoms with Crippen molar-refractivity contribution < 1.29 is 4.79 Å². The van der Waals surface area contributed by atoms with Gasteiger partial charge in [-0.3, -0.25) is 4.79 Å². The summed E-state index contributed by atoms with van der Waals surface area (Å²) in [4.78, 5) is 19.6. The van der Waals surface area contributed by atoms with E-state index in [0.717, 1.165) is 5.56 Å². The molecular weight excluding hydrogens is 273 g/mol. The van der Waals surface area contributed by atoms with Gasteiger partial charge in [-0.15, -0.1) is 0 Å². The van der Waals surface area contributed by atoms with E-state index in [9.17, 15) is 4.79 Å². The molecule has 0 saturated carbocycles. The molecule has 0 aliphatic heterocycles. The summed E-state index contributed by atoms with van der Waals surface area (Å²) in [6, 6.07) is 6.80. The highest BCUT2D eigenvalue weighted by atomic mass is 35.5. The average Bonchev–Trinajstić information content (AvgIpc) is 2.38. The maximum Gasteiger partial charge on any atom is 0.254 e. The van der Waals surface area contributed by atoms with E-state index in [4.69, 9.17) is 23.2 Å². The van der Waals surface area contributed by atoms with Crippen molar-refractivity contribution in [1.82, 2.24) is 15.3 Å². The molecule has 0 fully saturated rings. The highest BCUT2D eigenvalue weighted by molar-refractivity contribution is 6.32. The second kappa shape index (κ2) is 5.80. The molecule has 18 heavy (non-hydrogen) atoms. The van der Waals surface area contributed by atoms with E-state index in [1.54, 1.807) is 30.5 Å². The van der Waals surface area contributed by atoms with Gasteiger partial charge in [0.2, 0.25) is 0 Å². The molecule has 0 aliphatic rings. The highest BCUT2D eigenvalue weighted by Crippen LogP contribution is 2.13. The Morgan fingerprint density at radius 1 is 1.11 bits per heavy atom. The van der Waals surface area contributed by atoms with Crippen LogP contribution in [0, 0.1) is 0 Å². The van der Waals surface area contributed by atoms with Crippen LogP contribution in [-0.2, 0) is 6.54 Å². The largest absolute Gasteiger partial charge is 0.348 e. The molecule has 2 aromatic rings. The van der Waals surface area contributed by atoms with Crippen LogP contribution in [0.1, 0.15) is 15.9 Å². The molecule has 2 heterocycles. The van der Waals surface area contributed by atoms with Crippen LogP contribution in [0.15, 0.2) is 36.7 Å². The van der Waals surface area contributed by atoms with Crippen LogP contribution in [0.25, 0.3) is 0 Å². The van der Waals surface area contributed by atoms with Gasteiger partial charge in [0, 0.05) is 24.5 Å². The van der Waals surface area contributed by atoms with Crippen molar-refractivity contribution in [2.24, 2.45) is 0 Å². The van der Waals surface area contributed by atoms with Gasteiger partial charge in [-0.25, -0.2) is 9.97 Å². The number of hydrogen-bond acceptors (Lipinski definition) is 3. The third kappa shape index (κ3) is 2.97. The first kappa shape index (κ1) is 12.8. The van der Waals surface area contributed by atoms with Crippen molar-refractivity contribution in [3.8, 4) is 0 Å². The zero-order valence-electron chi connectivity index (χ0n) is 9.23. The van der Waals surface area contributed by atoms with Crippen molar-refractivity contribution in [1.29, 1.82) is 0 Å². The molecule has 0 aliphatic carbocycles. The van der Waals surface area contributed by atoms with Gasteiger partial charge >= 0.3 is 0 Å². The Balaban J connectivity index is 2.06. The van der Waals surface area contributed by atoms with E-state index in [1.807, 2.05) is 0 Å². The van der Waals surface area contributed by atoms with Crippen molar-refractivity contribution in [2.45, 2.75) is 6.54 Å². The lowest BCUT2D eigenvalue weighted by Crippen LogP contribution is -2.23. The number of halogens is 2. The van der Waals surface area contributed by atoms with Gasteiger partial charge < -0.3 is 5.32 Å². The van der Waals surface area contributed by atoms with Crippen LogP contribution in [-0.4, -0.2) is 15.9 Å². The SMILES string of the molecule is O=C(NCc1cccnc1Cl)c1cccnc1Cl. The van der Waals surface area contributed by atoms with Crippen LogP contribution in [0.5, 0.6) is 0 Å². The van der Waals surface area contributed by atoms with Gasteiger partial charge in [-0.1, -0.05) is 29.3 Å². The molecule has 2 rings (SSSR count). The van der Waals surface area contributed by atoms with E-state index in [-0.39, 0.29) is 17.6 Å². The standard InChI is InChI=1S/C12H9Cl2N3O/c13-10-8(3-1-5-15-10)7-17-12(18)9-4-2-6-16-11(9)14/h1-6H,7H2,(H,17,18). The van der Waals surface area contributed by atoms with Gasteiger partial charge in [0.1, 0.15) is 10.3 Å². The predicted octanol–water partition coefficient (Wildman–Crippen LogP) is 2.71. The molecule has 1 N–H and O–H groups in total. The van der Waals surface area contributed by atoms with E-state index < -0.39 is 0 Å². The normalized spacial score (nSPS) is 10.1. The van der Waals surface area contributed by atoms with Crippen molar-refractivity contribution in [3.63, 3.8) is 0 Å². The summed E-state index contributed by atoms with van der Waals surface area (Å²) < 4.78 is 0. The Bertz CT molecular complexity index is 575. The monoisotopic (exact) mass is 281 g/mol. The Morgan fingerprint density at radius 3 is 2.44 bits per heavy atom. The molecule has 4 nitrogen and oxygen atoms in total. The number of nitrogens with zero attached hydrogens (tertiary/aromatic N) is 2. The number of carbonyl (C=O) groups is 1. The fraction of sp³-hybridized carbons (Fsp3) is 0.0833. The van der Waals surface area contributed by atoms with E-state index in [2.05, 4.69) is 15.3 Å². The lowest BCUT2D eigenvalue weighted by Gasteiger charge is -2.06. The number of nitrogens with one attached hydrogen (secondary N) is 1. The highest BCUT2D eigenvalue weighted by Gasteiger charge is 2.10. The van der Waals surface area contributed by atoms with Gasteiger partial charge in [-0.05, 0) is 18.2 Å². The first-order valence-electron chi connectivity index (χ1n) is 5.16. The van der Waals surface area contributed by atoms with Crippen LogP contribution >= 0.6 is 23.2 Å². The Kier molecular flexibility index (Phi) is 4.12. The van der Waals surface area contributed by atoms with E-state index in [0.29, 0.717) is 10.7 Å². The number of aromatic nitrogens is 2. The van der Waals surface area contributed by atoms with Crippen LogP contribution < -0.4 is 5.32 Å².